The van der Waals surface area contributed by atoms with Gasteiger partial charge in [0.05, 0.1) is 12.1 Å². The molecule has 4 fully saturated rings. The summed E-state index contributed by atoms with van der Waals surface area (Å²) in [5, 5.41) is 11.9. The van der Waals surface area contributed by atoms with E-state index >= 15 is 0 Å². The largest absolute Gasteiger partial charge is 0.337 e. The fourth-order valence-electron chi connectivity index (χ4n) is 5.25. The molecular weight excluding hydrogens is 250 g/mol. The summed E-state index contributed by atoms with van der Waals surface area (Å²) in [6.07, 6.45) is 7.37. The third-order valence-electron chi connectivity index (χ3n) is 5.74. The van der Waals surface area contributed by atoms with E-state index in [0.29, 0.717) is 0 Å². The summed E-state index contributed by atoms with van der Waals surface area (Å²) >= 11 is 0. The van der Waals surface area contributed by atoms with Crippen molar-refractivity contribution in [2.75, 3.05) is 0 Å². The van der Waals surface area contributed by atoms with Crippen molar-refractivity contribution >= 4 is 5.91 Å². The van der Waals surface area contributed by atoms with Crippen molar-refractivity contribution < 1.29 is 4.79 Å². The maximum absolute atomic E-state index is 12.4. The van der Waals surface area contributed by atoms with E-state index in [2.05, 4.69) is 11.4 Å². The molecule has 1 amide bonds. The van der Waals surface area contributed by atoms with Crippen LogP contribution in [-0.4, -0.2) is 17.5 Å². The second kappa shape index (κ2) is 4.46. The topological polar surface area (TPSA) is 78.9 Å². The van der Waals surface area contributed by atoms with Gasteiger partial charge < -0.3 is 11.1 Å². The first-order valence-corrected chi connectivity index (χ1v) is 7.82. The van der Waals surface area contributed by atoms with Crippen molar-refractivity contribution in [3.8, 4) is 6.07 Å². The Morgan fingerprint density at radius 2 is 1.70 bits per heavy atom. The summed E-state index contributed by atoms with van der Waals surface area (Å²) in [4.78, 5) is 12.4. The van der Waals surface area contributed by atoms with Gasteiger partial charge in [-0.25, -0.2) is 0 Å². The molecular formula is C16H25N3O. The van der Waals surface area contributed by atoms with E-state index in [1.54, 1.807) is 13.8 Å². The number of carbonyl (C=O) groups is 1. The average molecular weight is 275 g/mol. The number of hydrogen-bond acceptors (Lipinski definition) is 3. The van der Waals surface area contributed by atoms with Crippen molar-refractivity contribution in [2.45, 2.75) is 64.0 Å². The molecule has 0 saturated heterocycles. The molecule has 0 unspecified atom stereocenters. The zero-order valence-corrected chi connectivity index (χ0v) is 12.5. The maximum atomic E-state index is 12.4. The Hall–Kier alpha value is -1.08. The van der Waals surface area contributed by atoms with E-state index in [1.807, 2.05) is 0 Å². The average Bonchev–Trinajstić information content (AvgIpc) is 2.35. The summed E-state index contributed by atoms with van der Waals surface area (Å²) in [6.45, 7) is 3.44. The number of nitrogens with one attached hydrogen (secondary N) is 1. The van der Waals surface area contributed by atoms with Crippen LogP contribution in [0, 0.1) is 34.5 Å². The lowest BCUT2D eigenvalue weighted by Gasteiger charge is -2.58. The minimum Gasteiger partial charge on any atom is -0.337 e. The second-order valence-electron chi connectivity index (χ2n) is 7.98. The minimum atomic E-state index is -0.836. The molecule has 0 aromatic carbocycles. The molecule has 4 nitrogen and oxygen atoms in total. The van der Waals surface area contributed by atoms with Gasteiger partial charge in [-0.1, -0.05) is 0 Å². The van der Waals surface area contributed by atoms with Gasteiger partial charge in [0.25, 0.3) is 0 Å². The predicted molar refractivity (Wildman–Crippen MR) is 76.4 cm³/mol. The Labute approximate surface area is 121 Å². The molecule has 1 atom stereocenters. The van der Waals surface area contributed by atoms with Crippen LogP contribution in [-0.2, 0) is 4.79 Å². The normalized spacial score (nSPS) is 40.2. The number of nitrogens with two attached hydrogens (primary N) is 1. The fraction of sp³-hybridized carbons (Fsp3) is 0.875. The van der Waals surface area contributed by atoms with Gasteiger partial charge in [0.15, 0.2) is 0 Å². The van der Waals surface area contributed by atoms with E-state index in [1.165, 1.54) is 19.3 Å². The van der Waals surface area contributed by atoms with Crippen LogP contribution in [0.3, 0.4) is 0 Å². The summed E-state index contributed by atoms with van der Waals surface area (Å²) in [7, 11) is 0. The predicted octanol–water partition coefficient (Wildman–Crippen LogP) is 1.95. The van der Waals surface area contributed by atoms with Crippen molar-refractivity contribution in [2.24, 2.45) is 28.9 Å². The van der Waals surface area contributed by atoms with Crippen molar-refractivity contribution in [3.63, 3.8) is 0 Å². The number of nitrogens with zero attached hydrogens (tertiary/aromatic N) is 1. The summed E-state index contributed by atoms with van der Waals surface area (Å²) < 4.78 is 0. The molecule has 3 N–H and O–H groups in total. The van der Waals surface area contributed by atoms with Crippen LogP contribution in [0.15, 0.2) is 0 Å². The Morgan fingerprint density at radius 3 is 2.10 bits per heavy atom. The first kappa shape index (κ1) is 13.9. The molecule has 0 aliphatic heterocycles. The van der Waals surface area contributed by atoms with Gasteiger partial charge in [-0.3, -0.25) is 4.79 Å². The number of hydrogen-bond donors (Lipinski definition) is 2. The minimum absolute atomic E-state index is 0.00433. The van der Waals surface area contributed by atoms with E-state index < -0.39 is 11.6 Å². The van der Waals surface area contributed by atoms with Crippen LogP contribution < -0.4 is 11.1 Å². The molecule has 0 spiro atoms. The lowest BCUT2D eigenvalue weighted by Crippen LogP contribution is -2.61. The van der Waals surface area contributed by atoms with Gasteiger partial charge in [-0.2, -0.15) is 5.26 Å². The molecule has 4 saturated carbocycles. The highest BCUT2D eigenvalue weighted by Crippen LogP contribution is 2.61. The van der Waals surface area contributed by atoms with Gasteiger partial charge in [0, 0.05) is 0 Å². The van der Waals surface area contributed by atoms with E-state index in [9.17, 15) is 4.79 Å². The zero-order valence-electron chi connectivity index (χ0n) is 12.5. The van der Waals surface area contributed by atoms with Crippen LogP contribution >= 0.6 is 0 Å². The lowest BCUT2D eigenvalue weighted by molar-refractivity contribution is -0.134. The third kappa shape index (κ3) is 2.22. The van der Waals surface area contributed by atoms with Gasteiger partial charge in [-0.15, -0.1) is 0 Å². The van der Waals surface area contributed by atoms with Gasteiger partial charge in [0.1, 0.15) is 5.54 Å². The number of carbonyl (C=O) groups excluding carboxylic acids is 1. The Bertz CT molecular complexity index is 428. The highest BCUT2D eigenvalue weighted by molar-refractivity contribution is 5.83. The SMILES string of the molecule is CC(C)(C#N)NC(=O)[C@@H](N)C12CC3CC(CC(C3)C1)C2. The smallest absolute Gasteiger partial charge is 0.238 e. The standard InChI is InChI=1S/C16H25N3O/c1-15(2,9-17)19-14(20)13(18)16-6-10-3-11(7-16)5-12(4-10)8-16/h10-13H,3-8,18H2,1-2H3,(H,19,20)/t10?,11?,12?,13-,16?/m1/s1. The molecule has 4 heteroatoms. The molecule has 4 aliphatic rings. The lowest BCUT2D eigenvalue weighted by atomic mass is 9.47. The summed E-state index contributed by atoms with van der Waals surface area (Å²) in [6, 6.07) is 1.66. The van der Waals surface area contributed by atoms with Gasteiger partial charge in [-0.05, 0) is 75.5 Å². The first-order chi connectivity index (χ1) is 9.33. The van der Waals surface area contributed by atoms with E-state index in [4.69, 9.17) is 11.0 Å². The monoisotopic (exact) mass is 275 g/mol. The molecule has 4 rings (SSSR count). The van der Waals surface area contributed by atoms with Crippen LogP contribution in [0.1, 0.15) is 52.4 Å². The second-order valence-corrected chi connectivity index (χ2v) is 7.98. The highest BCUT2D eigenvalue weighted by atomic mass is 16.2. The maximum Gasteiger partial charge on any atom is 0.238 e. The van der Waals surface area contributed by atoms with Crippen molar-refractivity contribution in [3.05, 3.63) is 0 Å². The van der Waals surface area contributed by atoms with Crippen LogP contribution in [0.25, 0.3) is 0 Å². The fourth-order valence-corrected chi connectivity index (χ4v) is 5.25. The first-order valence-electron chi connectivity index (χ1n) is 7.82. The Kier molecular flexibility index (Phi) is 3.10. The van der Waals surface area contributed by atoms with Crippen LogP contribution in [0.2, 0.25) is 0 Å². The molecule has 0 aromatic heterocycles. The molecule has 4 aliphatic carbocycles. The van der Waals surface area contributed by atoms with Crippen LogP contribution in [0.5, 0.6) is 0 Å². The molecule has 0 heterocycles. The zero-order chi connectivity index (χ0) is 14.5. The quantitative estimate of drug-likeness (QED) is 0.826. The Morgan fingerprint density at radius 1 is 1.25 bits per heavy atom. The molecule has 0 aromatic rings. The number of nitriles is 1. The van der Waals surface area contributed by atoms with Crippen LogP contribution in [0.4, 0.5) is 0 Å². The third-order valence-corrected chi connectivity index (χ3v) is 5.74. The Balaban J connectivity index is 1.75. The molecule has 20 heavy (non-hydrogen) atoms. The van der Waals surface area contributed by atoms with Gasteiger partial charge >= 0.3 is 0 Å². The van der Waals surface area contributed by atoms with Gasteiger partial charge in [0.2, 0.25) is 5.91 Å². The summed E-state index contributed by atoms with van der Waals surface area (Å²) in [5.41, 5.74) is 5.52. The number of rotatable bonds is 3. The van der Waals surface area contributed by atoms with Crippen molar-refractivity contribution in [1.82, 2.24) is 5.32 Å². The van der Waals surface area contributed by atoms with E-state index in [-0.39, 0.29) is 11.3 Å². The summed E-state index contributed by atoms with van der Waals surface area (Å²) in [5.74, 6) is 2.20. The highest BCUT2D eigenvalue weighted by Gasteiger charge is 2.55. The van der Waals surface area contributed by atoms with E-state index in [0.717, 1.165) is 37.0 Å². The number of amides is 1. The molecule has 0 radical (unpaired) electrons. The van der Waals surface area contributed by atoms with Crippen molar-refractivity contribution in [1.29, 1.82) is 5.26 Å². The molecule has 110 valence electrons. The molecule has 4 bridgehead atoms.